The van der Waals surface area contributed by atoms with Crippen LogP contribution in [0.15, 0.2) is 22.7 Å². The molecule has 1 rings (SSSR count). The van der Waals surface area contributed by atoms with Crippen molar-refractivity contribution < 1.29 is 4.79 Å². The van der Waals surface area contributed by atoms with E-state index in [4.69, 9.17) is 11.0 Å². The molecule has 21 heavy (non-hydrogen) atoms. The summed E-state index contributed by atoms with van der Waals surface area (Å²) in [6.45, 7) is 2.82. The Kier molecular flexibility index (Phi) is 8.03. The Morgan fingerprint density at radius 3 is 2.76 bits per heavy atom. The van der Waals surface area contributed by atoms with E-state index in [9.17, 15) is 4.79 Å². The van der Waals surface area contributed by atoms with Gasteiger partial charge in [-0.3, -0.25) is 4.79 Å². The first-order valence-electron chi connectivity index (χ1n) is 7.30. The lowest BCUT2D eigenvalue weighted by molar-refractivity contribution is -0.116. The van der Waals surface area contributed by atoms with Gasteiger partial charge in [0.1, 0.15) is 0 Å². The van der Waals surface area contributed by atoms with Crippen LogP contribution < -0.4 is 11.1 Å². The highest BCUT2D eigenvalue weighted by atomic mass is 79.9. The first-order chi connectivity index (χ1) is 10.1. The van der Waals surface area contributed by atoms with E-state index < -0.39 is 0 Å². The Labute approximate surface area is 134 Å². The average molecular weight is 352 g/mol. The van der Waals surface area contributed by atoms with Gasteiger partial charge in [0.2, 0.25) is 5.91 Å². The molecule has 1 atom stereocenters. The van der Waals surface area contributed by atoms with Crippen molar-refractivity contribution >= 4 is 27.5 Å². The Hall–Kier alpha value is -1.38. The lowest BCUT2D eigenvalue weighted by Crippen LogP contribution is -2.15. The quantitative estimate of drug-likeness (QED) is 0.747. The van der Waals surface area contributed by atoms with Crippen molar-refractivity contribution in [2.45, 2.75) is 39.0 Å². The molecular weight excluding hydrogens is 330 g/mol. The van der Waals surface area contributed by atoms with Crippen molar-refractivity contribution in [3.05, 3.63) is 28.2 Å². The summed E-state index contributed by atoms with van der Waals surface area (Å²) in [4.78, 5) is 12.0. The number of carbonyl (C=O) groups excluding carboxylic acids is 1. The van der Waals surface area contributed by atoms with Crippen LogP contribution in [0.4, 0.5) is 5.69 Å². The van der Waals surface area contributed by atoms with Crippen molar-refractivity contribution in [2.75, 3.05) is 11.9 Å². The number of nitrogens with one attached hydrogen (secondary N) is 1. The van der Waals surface area contributed by atoms with Crippen LogP contribution in [0.25, 0.3) is 0 Å². The van der Waals surface area contributed by atoms with Crippen molar-refractivity contribution in [1.29, 1.82) is 5.26 Å². The SMILES string of the molecule is CCCC(CCN)CCC(=O)Nc1ccc(C#N)cc1Br. The fourth-order valence-corrected chi connectivity index (χ4v) is 2.79. The highest BCUT2D eigenvalue weighted by Gasteiger charge is 2.11. The number of rotatable bonds is 8. The summed E-state index contributed by atoms with van der Waals surface area (Å²) < 4.78 is 0.724. The summed E-state index contributed by atoms with van der Waals surface area (Å²) >= 11 is 3.36. The Bertz CT molecular complexity index is 505. The molecule has 1 unspecified atom stereocenters. The first-order valence-corrected chi connectivity index (χ1v) is 8.09. The smallest absolute Gasteiger partial charge is 0.224 e. The van der Waals surface area contributed by atoms with Gasteiger partial charge in [-0.2, -0.15) is 5.26 Å². The molecule has 4 nitrogen and oxygen atoms in total. The van der Waals surface area contributed by atoms with Crippen LogP contribution in [0.2, 0.25) is 0 Å². The predicted octanol–water partition coefficient (Wildman–Crippen LogP) is 3.80. The Morgan fingerprint density at radius 2 is 2.19 bits per heavy atom. The monoisotopic (exact) mass is 351 g/mol. The maximum absolute atomic E-state index is 12.0. The summed E-state index contributed by atoms with van der Waals surface area (Å²) in [6, 6.07) is 7.19. The topological polar surface area (TPSA) is 78.9 Å². The molecule has 0 saturated carbocycles. The summed E-state index contributed by atoms with van der Waals surface area (Å²) in [5, 5.41) is 11.7. The molecule has 1 amide bonds. The van der Waals surface area contributed by atoms with Gasteiger partial charge >= 0.3 is 0 Å². The molecule has 0 spiro atoms. The Morgan fingerprint density at radius 1 is 1.43 bits per heavy atom. The molecule has 0 aliphatic heterocycles. The number of nitriles is 1. The maximum atomic E-state index is 12.0. The van der Waals surface area contributed by atoms with Gasteiger partial charge in [-0.25, -0.2) is 0 Å². The number of hydrogen-bond donors (Lipinski definition) is 2. The fraction of sp³-hybridized carbons (Fsp3) is 0.500. The van der Waals surface area contributed by atoms with Gasteiger partial charge in [-0.1, -0.05) is 19.8 Å². The van der Waals surface area contributed by atoms with Crippen LogP contribution in [-0.4, -0.2) is 12.5 Å². The standard InChI is InChI=1S/C16H22BrN3O/c1-2-3-12(8-9-18)5-7-16(21)20-15-6-4-13(11-19)10-14(15)17/h4,6,10,12H,2-3,5,7-9,18H2,1H3,(H,20,21). The molecular formula is C16H22BrN3O. The third kappa shape index (κ3) is 6.28. The molecule has 0 aromatic heterocycles. The second kappa shape index (κ2) is 9.54. The number of hydrogen-bond acceptors (Lipinski definition) is 3. The zero-order chi connectivity index (χ0) is 15.7. The first kappa shape index (κ1) is 17.7. The van der Waals surface area contributed by atoms with E-state index in [1.54, 1.807) is 18.2 Å². The number of carbonyl (C=O) groups is 1. The van der Waals surface area contributed by atoms with Gasteiger partial charge in [0.15, 0.2) is 0 Å². The van der Waals surface area contributed by atoms with Gasteiger partial charge in [-0.05, 0) is 59.4 Å². The summed E-state index contributed by atoms with van der Waals surface area (Å²) in [7, 11) is 0. The van der Waals surface area contributed by atoms with Gasteiger partial charge in [0, 0.05) is 10.9 Å². The largest absolute Gasteiger partial charge is 0.330 e. The van der Waals surface area contributed by atoms with E-state index in [1.165, 1.54) is 0 Å². The predicted molar refractivity (Wildman–Crippen MR) is 88.8 cm³/mol. The molecule has 0 aliphatic carbocycles. The molecule has 1 aromatic rings. The zero-order valence-electron chi connectivity index (χ0n) is 12.4. The lowest BCUT2D eigenvalue weighted by Gasteiger charge is -2.15. The lowest BCUT2D eigenvalue weighted by atomic mass is 9.94. The van der Waals surface area contributed by atoms with E-state index in [1.807, 2.05) is 0 Å². The fourth-order valence-electron chi connectivity index (χ4n) is 2.31. The number of nitrogens with zero attached hydrogens (tertiary/aromatic N) is 1. The molecule has 0 saturated heterocycles. The molecule has 0 radical (unpaired) electrons. The van der Waals surface area contributed by atoms with Gasteiger partial charge < -0.3 is 11.1 Å². The molecule has 0 fully saturated rings. The summed E-state index contributed by atoms with van der Waals surface area (Å²) in [5.41, 5.74) is 6.86. The van der Waals surface area contributed by atoms with Crippen LogP contribution in [-0.2, 0) is 4.79 Å². The maximum Gasteiger partial charge on any atom is 0.224 e. The van der Waals surface area contributed by atoms with Crippen molar-refractivity contribution in [3.8, 4) is 6.07 Å². The Balaban J connectivity index is 2.52. The number of anilines is 1. The number of amides is 1. The third-order valence-corrected chi connectivity index (χ3v) is 4.08. The molecule has 0 bridgehead atoms. The van der Waals surface area contributed by atoms with Crippen molar-refractivity contribution in [2.24, 2.45) is 11.7 Å². The zero-order valence-corrected chi connectivity index (χ0v) is 13.9. The highest BCUT2D eigenvalue weighted by molar-refractivity contribution is 9.10. The van der Waals surface area contributed by atoms with E-state index in [0.29, 0.717) is 30.1 Å². The number of halogens is 1. The van der Waals surface area contributed by atoms with Crippen LogP contribution in [0.5, 0.6) is 0 Å². The van der Waals surface area contributed by atoms with Crippen LogP contribution >= 0.6 is 15.9 Å². The molecule has 114 valence electrons. The minimum Gasteiger partial charge on any atom is -0.330 e. The van der Waals surface area contributed by atoms with Crippen molar-refractivity contribution in [1.82, 2.24) is 0 Å². The second-order valence-corrected chi connectivity index (χ2v) is 5.98. The second-order valence-electron chi connectivity index (χ2n) is 5.13. The molecule has 1 aromatic carbocycles. The number of nitrogens with two attached hydrogens (primary N) is 1. The average Bonchev–Trinajstić information content (AvgIpc) is 2.47. The summed E-state index contributed by atoms with van der Waals surface area (Å²) in [5.74, 6) is 0.522. The van der Waals surface area contributed by atoms with Gasteiger partial charge in [0.05, 0.1) is 17.3 Å². The van der Waals surface area contributed by atoms with E-state index in [2.05, 4.69) is 34.2 Å². The van der Waals surface area contributed by atoms with Crippen LogP contribution in [0.3, 0.4) is 0 Å². The third-order valence-electron chi connectivity index (χ3n) is 3.42. The molecule has 3 N–H and O–H groups in total. The van der Waals surface area contributed by atoms with E-state index in [0.717, 1.165) is 30.2 Å². The normalized spacial score (nSPS) is 11.7. The molecule has 0 heterocycles. The van der Waals surface area contributed by atoms with Gasteiger partial charge in [0.25, 0.3) is 0 Å². The highest BCUT2D eigenvalue weighted by Crippen LogP contribution is 2.24. The molecule has 5 heteroatoms. The minimum absolute atomic E-state index is 0.00136. The molecule has 0 aliphatic rings. The van der Waals surface area contributed by atoms with Crippen molar-refractivity contribution in [3.63, 3.8) is 0 Å². The van der Waals surface area contributed by atoms with E-state index in [-0.39, 0.29) is 5.91 Å². The van der Waals surface area contributed by atoms with Crippen LogP contribution in [0, 0.1) is 17.2 Å². The minimum atomic E-state index is -0.00136. The van der Waals surface area contributed by atoms with Gasteiger partial charge in [-0.15, -0.1) is 0 Å². The van der Waals surface area contributed by atoms with Crippen LogP contribution in [0.1, 0.15) is 44.6 Å². The number of benzene rings is 1. The summed E-state index contributed by atoms with van der Waals surface area (Å²) in [6.07, 6.45) is 4.57. The van der Waals surface area contributed by atoms with E-state index >= 15 is 0 Å².